The summed E-state index contributed by atoms with van der Waals surface area (Å²) in [7, 11) is 0. The first-order chi connectivity index (χ1) is 13.7. The van der Waals surface area contributed by atoms with Crippen LogP contribution in [0.3, 0.4) is 0 Å². The van der Waals surface area contributed by atoms with Crippen molar-refractivity contribution in [2.45, 2.75) is 19.4 Å². The van der Waals surface area contributed by atoms with Crippen molar-refractivity contribution in [3.8, 4) is 22.6 Å². The standard InChI is InChI=1S/C22H17Cl3O4/c1-12(22(27)28)29-16-10-19(24)18(20(25)11-16)9-13-2-7-21(26)17(8-13)14-3-5-15(23)6-4-14/h2-8,10-12,26H,9H2,1H3,(H,27,28)/t12-/m0/s1. The Balaban J connectivity index is 1.89. The molecule has 0 aliphatic carbocycles. The second-order valence-electron chi connectivity index (χ2n) is 6.50. The number of rotatable bonds is 6. The van der Waals surface area contributed by atoms with Gasteiger partial charge in [0.25, 0.3) is 0 Å². The molecule has 0 saturated carbocycles. The van der Waals surface area contributed by atoms with Gasteiger partial charge >= 0.3 is 5.97 Å². The molecule has 0 spiro atoms. The van der Waals surface area contributed by atoms with Gasteiger partial charge in [0.2, 0.25) is 0 Å². The average molecular weight is 452 g/mol. The third-order valence-corrected chi connectivity index (χ3v) is 5.30. The fraction of sp³-hybridized carbons (Fsp3) is 0.136. The second kappa shape index (κ2) is 8.95. The number of aliphatic carboxylic acids is 1. The molecule has 29 heavy (non-hydrogen) atoms. The molecule has 2 N–H and O–H groups in total. The SMILES string of the molecule is C[C@H](Oc1cc(Cl)c(Cc2ccc(O)c(-c3ccc(Cl)cc3)c2)c(Cl)c1)C(=O)O. The Kier molecular flexibility index (Phi) is 6.58. The third kappa shape index (κ3) is 5.15. The first-order valence-electron chi connectivity index (χ1n) is 8.70. The molecule has 0 radical (unpaired) electrons. The predicted molar refractivity (Wildman–Crippen MR) is 116 cm³/mol. The summed E-state index contributed by atoms with van der Waals surface area (Å²) >= 11 is 18.7. The molecular weight excluding hydrogens is 435 g/mol. The summed E-state index contributed by atoms with van der Waals surface area (Å²) in [6.45, 7) is 1.42. The lowest BCUT2D eigenvalue weighted by Gasteiger charge is -2.14. The van der Waals surface area contributed by atoms with Crippen LogP contribution in [0.15, 0.2) is 54.6 Å². The topological polar surface area (TPSA) is 66.8 Å². The quantitative estimate of drug-likeness (QED) is 0.451. The normalized spacial score (nSPS) is 11.9. The van der Waals surface area contributed by atoms with Gasteiger partial charge in [-0.2, -0.15) is 0 Å². The van der Waals surface area contributed by atoms with Crippen molar-refractivity contribution in [1.82, 2.24) is 0 Å². The van der Waals surface area contributed by atoms with Gasteiger partial charge in [-0.1, -0.05) is 53.0 Å². The maximum atomic E-state index is 11.0. The monoisotopic (exact) mass is 450 g/mol. The molecule has 3 rings (SSSR count). The zero-order chi connectivity index (χ0) is 21.1. The minimum Gasteiger partial charge on any atom is -0.507 e. The molecule has 0 fully saturated rings. The molecule has 0 saturated heterocycles. The number of carbonyl (C=O) groups is 1. The first kappa shape index (κ1) is 21.3. The van der Waals surface area contributed by atoms with Gasteiger partial charge in [-0.05, 0) is 60.0 Å². The highest BCUT2D eigenvalue weighted by Crippen LogP contribution is 2.35. The summed E-state index contributed by atoms with van der Waals surface area (Å²) in [5.41, 5.74) is 3.07. The first-order valence-corrected chi connectivity index (χ1v) is 9.83. The zero-order valence-corrected chi connectivity index (χ0v) is 17.6. The number of phenols is 1. The fourth-order valence-electron chi connectivity index (χ4n) is 2.83. The van der Waals surface area contributed by atoms with Crippen LogP contribution in [0.1, 0.15) is 18.1 Å². The fourth-order valence-corrected chi connectivity index (χ4v) is 3.56. The van der Waals surface area contributed by atoms with Gasteiger partial charge in [0.1, 0.15) is 11.5 Å². The van der Waals surface area contributed by atoms with E-state index >= 15 is 0 Å². The zero-order valence-electron chi connectivity index (χ0n) is 15.3. The van der Waals surface area contributed by atoms with Crippen molar-refractivity contribution in [3.63, 3.8) is 0 Å². The van der Waals surface area contributed by atoms with Crippen molar-refractivity contribution in [1.29, 1.82) is 0 Å². The van der Waals surface area contributed by atoms with E-state index in [1.54, 1.807) is 36.4 Å². The van der Waals surface area contributed by atoms with Crippen molar-refractivity contribution in [2.75, 3.05) is 0 Å². The van der Waals surface area contributed by atoms with Gasteiger partial charge in [-0.25, -0.2) is 4.79 Å². The third-order valence-electron chi connectivity index (χ3n) is 4.37. The highest BCUT2D eigenvalue weighted by molar-refractivity contribution is 6.36. The molecule has 0 aliphatic rings. The molecule has 0 amide bonds. The van der Waals surface area contributed by atoms with Crippen LogP contribution < -0.4 is 4.74 Å². The molecule has 0 unspecified atom stereocenters. The van der Waals surface area contributed by atoms with Crippen LogP contribution in [-0.4, -0.2) is 22.3 Å². The number of aromatic hydroxyl groups is 1. The molecule has 1 atom stereocenters. The Morgan fingerprint density at radius 1 is 1.00 bits per heavy atom. The summed E-state index contributed by atoms with van der Waals surface area (Å²) in [6.07, 6.45) is -0.597. The summed E-state index contributed by atoms with van der Waals surface area (Å²) in [5, 5.41) is 20.6. The van der Waals surface area contributed by atoms with Gasteiger partial charge < -0.3 is 14.9 Å². The minimum atomic E-state index is -1.08. The number of phenolic OH excluding ortho intramolecular Hbond substituents is 1. The summed E-state index contributed by atoms with van der Waals surface area (Å²) in [5.74, 6) is -0.647. The number of halogens is 3. The van der Waals surface area contributed by atoms with E-state index in [4.69, 9.17) is 44.6 Å². The van der Waals surface area contributed by atoms with E-state index in [1.165, 1.54) is 6.92 Å². The lowest BCUT2D eigenvalue weighted by Crippen LogP contribution is -2.22. The lowest BCUT2D eigenvalue weighted by atomic mass is 9.98. The van der Waals surface area contributed by atoms with E-state index in [1.807, 2.05) is 18.2 Å². The molecule has 0 aliphatic heterocycles. The molecule has 0 aromatic heterocycles. The smallest absolute Gasteiger partial charge is 0.344 e. The highest BCUT2D eigenvalue weighted by atomic mass is 35.5. The molecule has 150 valence electrons. The summed E-state index contributed by atoms with van der Waals surface area (Å²) in [6, 6.07) is 15.5. The number of carboxylic acid groups (broad SMARTS) is 1. The Bertz CT molecular complexity index is 1030. The number of benzene rings is 3. The molecule has 0 bridgehead atoms. The van der Waals surface area contributed by atoms with Crippen molar-refractivity contribution >= 4 is 40.8 Å². The Labute approximate surface area is 183 Å². The predicted octanol–water partition coefficient (Wildman–Crippen LogP) is 6.46. The Hall–Kier alpha value is -2.40. The van der Waals surface area contributed by atoms with Gasteiger partial charge in [0.05, 0.1) is 0 Å². The van der Waals surface area contributed by atoms with Crippen LogP contribution in [-0.2, 0) is 11.2 Å². The van der Waals surface area contributed by atoms with Crippen LogP contribution in [0.2, 0.25) is 15.1 Å². The summed E-state index contributed by atoms with van der Waals surface area (Å²) in [4.78, 5) is 11.0. The van der Waals surface area contributed by atoms with E-state index in [2.05, 4.69) is 0 Å². The number of hydrogen-bond donors (Lipinski definition) is 2. The minimum absolute atomic E-state index is 0.152. The highest BCUT2D eigenvalue weighted by Gasteiger charge is 2.16. The van der Waals surface area contributed by atoms with Gasteiger partial charge in [-0.3, -0.25) is 0 Å². The van der Waals surface area contributed by atoms with Gasteiger partial charge in [-0.15, -0.1) is 0 Å². The van der Waals surface area contributed by atoms with E-state index in [-0.39, 0.29) is 11.5 Å². The molecule has 7 heteroatoms. The molecule has 3 aromatic carbocycles. The summed E-state index contributed by atoms with van der Waals surface area (Å²) < 4.78 is 5.33. The maximum absolute atomic E-state index is 11.0. The molecule has 4 nitrogen and oxygen atoms in total. The van der Waals surface area contributed by atoms with E-state index in [0.717, 1.165) is 11.1 Å². The lowest BCUT2D eigenvalue weighted by molar-refractivity contribution is -0.144. The average Bonchev–Trinajstić information content (AvgIpc) is 2.66. The van der Waals surface area contributed by atoms with Crippen LogP contribution in [0, 0.1) is 0 Å². The largest absolute Gasteiger partial charge is 0.507 e. The molecule has 0 heterocycles. The Morgan fingerprint density at radius 2 is 1.62 bits per heavy atom. The number of carboxylic acids is 1. The van der Waals surface area contributed by atoms with Crippen molar-refractivity contribution < 1.29 is 19.7 Å². The molecule has 3 aromatic rings. The number of ether oxygens (including phenoxy) is 1. The van der Waals surface area contributed by atoms with Crippen LogP contribution in [0.25, 0.3) is 11.1 Å². The molecular formula is C22H17Cl3O4. The van der Waals surface area contributed by atoms with Crippen LogP contribution in [0.5, 0.6) is 11.5 Å². The van der Waals surface area contributed by atoms with E-state index in [0.29, 0.717) is 32.6 Å². The van der Waals surface area contributed by atoms with Gasteiger partial charge in [0.15, 0.2) is 6.10 Å². The van der Waals surface area contributed by atoms with Gasteiger partial charge in [0, 0.05) is 27.1 Å². The Morgan fingerprint density at radius 3 is 2.21 bits per heavy atom. The van der Waals surface area contributed by atoms with E-state index < -0.39 is 12.1 Å². The van der Waals surface area contributed by atoms with Crippen molar-refractivity contribution in [3.05, 3.63) is 80.8 Å². The van der Waals surface area contributed by atoms with E-state index in [9.17, 15) is 9.90 Å². The van der Waals surface area contributed by atoms with Crippen molar-refractivity contribution in [2.24, 2.45) is 0 Å². The maximum Gasteiger partial charge on any atom is 0.344 e. The van der Waals surface area contributed by atoms with Crippen LogP contribution >= 0.6 is 34.8 Å². The van der Waals surface area contributed by atoms with Crippen LogP contribution in [0.4, 0.5) is 0 Å². The second-order valence-corrected chi connectivity index (χ2v) is 7.75. The number of hydrogen-bond acceptors (Lipinski definition) is 3.